The third-order valence-electron chi connectivity index (χ3n) is 3.12. The number of furan rings is 1. The lowest BCUT2D eigenvalue weighted by Gasteiger charge is -2.33. The van der Waals surface area contributed by atoms with Gasteiger partial charge in [-0.25, -0.2) is 0 Å². The van der Waals surface area contributed by atoms with Gasteiger partial charge in [-0.3, -0.25) is 0 Å². The van der Waals surface area contributed by atoms with Crippen molar-refractivity contribution in [3.63, 3.8) is 0 Å². The molecule has 1 heterocycles. The standard InChI is InChI=1S/C14H14F3NO2/c1-18(2)12-6-4-3-5-11(12)13(19,14(15,16)17)10-7-8-20-9-10/h3-9,19H,1-2H3. The van der Waals surface area contributed by atoms with Crippen molar-refractivity contribution in [2.24, 2.45) is 0 Å². The van der Waals surface area contributed by atoms with E-state index < -0.39 is 11.8 Å². The fourth-order valence-corrected chi connectivity index (χ4v) is 2.11. The zero-order valence-corrected chi connectivity index (χ0v) is 11.0. The Bertz CT molecular complexity index is 578. The first-order valence-electron chi connectivity index (χ1n) is 5.87. The Labute approximate surface area is 114 Å². The zero-order valence-electron chi connectivity index (χ0n) is 11.0. The van der Waals surface area contributed by atoms with Crippen LogP contribution in [0.5, 0.6) is 0 Å². The molecule has 1 unspecified atom stereocenters. The van der Waals surface area contributed by atoms with Crippen LogP contribution in [0.25, 0.3) is 0 Å². The van der Waals surface area contributed by atoms with E-state index in [0.29, 0.717) is 0 Å². The van der Waals surface area contributed by atoms with Crippen molar-refractivity contribution < 1.29 is 22.7 Å². The Balaban J connectivity index is 2.72. The number of hydrogen-bond acceptors (Lipinski definition) is 3. The van der Waals surface area contributed by atoms with Gasteiger partial charge in [0.15, 0.2) is 0 Å². The van der Waals surface area contributed by atoms with Gasteiger partial charge >= 0.3 is 6.18 Å². The van der Waals surface area contributed by atoms with Gasteiger partial charge in [0.1, 0.15) is 0 Å². The third kappa shape index (κ3) is 2.16. The molecule has 6 heteroatoms. The van der Waals surface area contributed by atoms with E-state index in [4.69, 9.17) is 4.42 Å². The van der Waals surface area contributed by atoms with Crippen LogP contribution in [0.4, 0.5) is 18.9 Å². The molecule has 0 aliphatic rings. The number of aliphatic hydroxyl groups is 1. The van der Waals surface area contributed by atoms with E-state index in [1.54, 1.807) is 20.2 Å². The monoisotopic (exact) mass is 285 g/mol. The second-order valence-electron chi connectivity index (χ2n) is 4.63. The Morgan fingerprint density at radius 3 is 2.25 bits per heavy atom. The molecule has 20 heavy (non-hydrogen) atoms. The highest BCUT2D eigenvalue weighted by Gasteiger charge is 2.57. The Morgan fingerprint density at radius 2 is 1.75 bits per heavy atom. The van der Waals surface area contributed by atoms with Gasteiger partial charge in [-0.05, 0) is 12.1 Å². The van der Waals surface area contributed by atoms with E-state index in [1.165, 1.54) is 23.1 Å². The molecule has 0 saturated carbocycles. The maximum absolute atomic E-state index is 13.5. The summed E-state index contributed by atoms with van der Waals surface area (Å²) in [5.41, 5.74) is -3.41. The number of nitrogens with zero attached hydrogens (tertiary/aromatic N) is 1. The molecule has 2 rings (SSSR count). The fourth-order valence-electron chi connectivity index (χ4n) is 2.11. The maximum Gasteiger partial charge on any atom is 0.425 e. The fraction of sp³-hybridized carbons (Fsp3) is 0.286. The summed E-state index contributed by atoms with van der Waals surface area (Å²) in [7, 11) is 3.23. The lowest BCUT2D eigenvalue weighted by atomic mass is 9.86. The molecule has 0 bridgehead atoms. The lowest BCUT2D eigenvalue weighted by Crippen LogP contribution is -2.44. The summed E-state index contributed by atoms with van der Waals surface area (Å²) in [6.45, 7) is 0. The van der Waals surface area contributed by atoms with E-state index in [2.05, 4.69) is 0 Å². The molecule has 108 valence electrons. The van der Waals surface area contributed by atoms with Crippen LogP contribution in [-0.2, 0) is 5.60 Å². The minimum atomic E-state index is -4.87. The van der Waals surface area contributed by atoms with Crippen LogP contribution in [-0.4, -0.2) is 25.4 Å². The van der Waals surface area contributed by atoms with Gasteiger partial charge in [-0.1, -0.05) is 18.2 Å². The summed E-state index contributed by atoms with van der Waals surface area (Å²) in [4.78, 5) is 1.52. The smallest absolute Gasteiger partial charge is 0.425 e. The first kappa shape index (κ1) is 14.5. The third-order valence-corrected chi connectivity index (χ3v) is 3.12. The van der Waals surface area contributed by atoms with Crippen LogP contribution in [0.3, 0.4) is 0 Å². The van der Waals surface area contributed by atoms with Crippen LogP contribution >= 0.6 is 0 Å². The summed E-state index contributed by atoms with van der Waals surface area (Å²) < 4.78 is 45.2. The second kappa shape index (κ2) is 4.86. The summed E-state index contributed by atoms with van der Waals surface area (Å²) in [6, 6.07) is 6.96. The molecule has 0 aliphatic heterocycles. The predicted molar refractivity (Wildman–Crippen MR) is 68.5 cm³/mol. The molecular formula is C14H14F3NO2. The van der Waals surface area contributed by atoms with Crippen LogP contribution in [0, 0.1) is 0 Å². The quantitative estimate of drug-likeness (QED) is 0.941. The van der Waals surface area contributed by atoms with Gasteiger partial charge in [0.25, 0.3) is 0 Å². The number of para-hydroxylation sites is 1. The lowest BCUT2D eigenvalue weighted by molar-refractivity contribution is -0.248. The summed E-state index contributed by atoms with van der Waals surface area (Å²) >= 11 is 0. The zero-order chi connectivity index (χ0) is 15.0. The molecule has 0 saturated heterocycles. The SMILES string of the molecule is CN(C)c1ccccc1C(O)(c1ccoc1)C(F)(F)F. The van der Waals surface area contributed by atoms with Crippen LogP contribution in [0.1, 0.15) is 11.1 Å². The highest BCUT2D eigenvalue weighted by atomic mass is 19.4. The van der Waals surface area contributed by atoms with Crippen LogP contribution in [0.2, 0.25) is 0 Å². The maximum atomic E-state index is 13.5. The van der Waals surface area contributed by atoms with Gasteiger partial charge in [-0.15, -0.1) is 0 Å². The van der Waals surface area contributed by atoms with Crippen molar-refractivity contribution in [3.05, 3.63) is 54.0 Å². The minimum Gasteiger partial charge on any atom is -0.472 e. The van der Waals surface area contributed by atoms with E-state index in [9.17, 15) is 18.3 Å². The molecule has 1 aromatic heterocycles. The summed E-state index contributed by atoms with van der Waals surface area (Å²) in [5, 5.41) is 10.4. The van der Waals surface area contributed by atoms with Crippen molar-refractivity contribution in [2.45, 2.75) is 11.8 Å². The van der Waals surface area contributed by atoms with Crippen LogP contribution < -0.4 is 4.90 Å². The largest absolute Gasteiger partial charge is 0.472 e. The summed E-state index contributed by atoms with van der Waals surface area (Å²) in [6.07, 6.45) is -2.87. The van der Waals surface area contributed by atoms with Gasteiger partial charge in [0.2, 0.25) is 5.60 Å². The Kier molecular flexibility index (Phi) is 3.52. The predicted octanol–water partition coefficient (Wildman–Crippen LogP) is 3.14. The average Bonchev–Trinajstić information content (AvgIpc) is 2.90. The van der Waals surface area contributed by atoms with Crippen molar-refractivity contribution in [1.29, 1.82) is 0 Å². The molecule has 0 fully saturated rings. The molecule has 1 atom stereocenters. The molecular weight excluding hydrogens is 271 g/mol. The molecule has 1 N–H and O–H groups in total. The number of anilines is 1. The average molecular weight is 285 g/mol. The molecule has 0 amide bonds. The number of halogens is 3. The second-order valence-corrected chi connectivity index (χ2v) is 4.63. The van der Waals surface area contributed by atoms with Crippen molar-refractivity contribution in [3.8, 4) is 0 Å². The van der Waals surface area contributed by atoms with Gasteiger partial charge < -0.3 is 14.4 Å². The van der Waals surface area contributed by atoms with Gasteiger partial charge in [0, 0.05) is 30.9 Å². The van der Waals surface area contributed by atoms with Crippen molar-refractivity contribution in [2.75, 3.05) is 19.0 Å². The summed E-state index contributed by atoms with van der Waals surface area (Å²) in [5.74, 6) is 0. The number of hydrogen-bond donors (Lipinski definition) is 1. The number of benzene rings is 1. The van der Waals surface area contributed by atoms with E-state index in [-0.39, 0.29) is 16.8 Å². The molecule has 0 spiro atoms. The van der Waals surface area contributed by atoms with Crippen LogP contribution in [0.15, 0.2) is 47.3 Å². The molecule has 0 aliphatic carbocycles. The van der Waals surface area contributed by atoms with Gasteiger partial charge in [0.05, 0.1) is 12.5 Å². The Hall–Kier alpha value is -1.95. The molecule has 1 aromatic carbocycles. The molecule has 3 nitrogen and oxygen atoms in total. The first-order chi connectivity index (χ1) is 9.28. The highest BCUT2D eigenvalue weighted by Crippen LogP contribution is 2.47. The number of rotatable bonds is 3. The molecule has 0 radical (unpaired) electrons. The first-order valence-corrected chi connectivity index (χ1v) is 5.87. The molecule has 2 aromatic rings. The minimum absolute atomic E-state index is 0.237. The van der Waals surface area contributed by atoms with Crippen molar-refractivity contribution >= 4 is 5.69 Å². The topological polar surface area (TPSA) is 36.6 Å². The van der Waals surface area contributed by atoms with Crippen molar-refractivity contribution in [1.82, 2.24) is 0 Å². The van der Waals surface area contributed by atoms with E-state index >= 15 is 0 Å². The van der Waals surface area contributed by atoms with E-state index in [0.717, 1.165) is 18.6 Å². The van der Waals surface area contributed by atoms with E-state index in [1.807, 2.05) is 0 Å². The van der Waals surface area contributed by atoms with Gasteiger partial charge in [-0.2, -0.15) is 13.2 Å². The normalized spacial score (nSPS) is 14.9. The number of alkyl halides is 3. The highest BCUT2D eigenvalue weighted by molar-refractivity contribution is 5.58. The Morgan fingerprint density at radius 1 is 1.10 bits per heavy atom.